The van der Waals surface area contributed by atoms with E-state index < -0.39 is 0 Å². The van der Waals surface area contributed by atoms with Gasteiger partial charge in [0.1, 0.15) is 11.0 Å². The molecule has 0 spiro atoms. The molecule has 8 heteroatoms. The molecule has 0 aliphatic carbocycles. The van der Waals surface area contributed by atoms with Crippen molar-refractivity contribution in [3.63, 3.8) is 0 Å². The molecule has 1 aliphatic rings. The second kappa shape index (κ2) is 8.16. The zero-order valence-electron chi connectivity index (χ0n) is 14.2. The molecule has 3 aromatic rings. The van der Waals surface area contributed by atoms with Crippen molar-refractivity contribution in [2.75, 3.05) is 30.4 Å². The Morgan fingerprint density at radius 1 is 1.15 bits per heavy atom. The van der Waals surface area contributed by atoms with Crippen LogP contribution in [0.2, 0.25) is 5.15 Å². The average Bonchev–Trinajstić information content (AvgIpc) is 3.08. The number of ether oxygens (including phenoxy) is 1. The summed E-state index contributed by atoms with van der Waals surface area (Å²) in [5.74, 6) is 1.34. The van der Waals surface area contributed by atoms with E-state index in [1.165, 1.54) is 16.5 Å². The molecule has 1 fully saturated rings. The topological polar surface area (TPSA) is 72.0 Å². The third kappa shape index (κ3) is 4.41. The van der Waals surface area contributed by atoms with Gasteiger partial charge >= 0.3 is 0 Å². The molecule has 3 heterocycles. The van der Waals surface area contributed by atoms with Gasteiger partial charge in [0, 0.05) is 26.3 Å². The molecule has 2 N–H and O–H groups in total. The maximum absolute atomic E-state index is 5.86. The Bertz CT molecular complexity index is 881. The molecular formula is C18H20ClN5OS. The number of thiazole rings is 1. The molecule has 26 heavy (non-hydrogen) atoms. The smallest absolute Gasteiger partial charge is 0.183 e. The van der Waals surface area contributed by atoms with E-state index in [9.17, 15) is 0 Å². The van der Waals surface area contributed by atoms with Crippen LogP contribution in [0, 0.1) is 5.92 Å². The van der Waals surface area contributed by atoms with Crippen molar-refractivity contribution < 1.29 is 4.74 Å². The number of halogens is 1. The number of rotatable bonds is 6. The molecule has 0 unspecified atom stereocenters. The van der Waals surface area contributed by atoms with Crippen LogP contribution in [0.5, 0.6) is 0 Å². The molecule has 0 radical (unpaired) electrons. The van der Waals surface area contributed by atoms with E-state index in [0.29, 0.717) is 23.4 Å². The first kappa shape index (κ1) is 17.5. The van der Waals surface area contributed by atoms with Crippen molar-refractivity contribution in [1.82, 2.24) is 15.0 Å². The zero-order chi connectivity index (χ0) is 17.8. The van der Waals surface area contributed by atoms with Crippen molar-refractivity contribution >= 4 is 44.1 Å². The number of anilines is 2. The molecule has 6 nitrogen and oxygen atoms in total. The Morgan fingerprint density at radius 2 is 2.04 bits per heavy atom. The predicted octanol–water partition coefficient (Wildman–Crippen LogP) is 4.19. The fraction of sp³-hybridized carbons (Fsp3) is 0.389. The molecule has 1 aliphatic heterocycles. The van der Waals surface area contributed by atoms with Gasteiger partial charge in [-0.3, -0.25) is 4.98 Å². The van der Waals surface area contributed by atoms with E-state index in [2.05, 4.69) is 43.8 Å². The minimum Gasteiger partial charge on any atom is -0.381 e. The normalized spacial score (nSPS) is 15.3. The molecule has 4 rings (SSSR count). The van der Waals surface area contributed by atoms with Gasteiger partial charge in [0.2, 0.25) is 0 Å². The summed E-state index contributed by atoms with van der Waals surface area (Å²) < 4.78 is 6.59. The van der Waals surface area contributed by atoms with Gasteiger partial charge in [-0.1, -0.05) is 29.0 Å². The van der Waals surface area contributed by atoms with Crippen molar-refractivity contribution in [3.8, 4) is 0 Å². The predicted molar refractivity (Wildman–Crippen MR) is 106 cm³/mol. The molecule has 1 aromatic carbocycles. The standard InChI is InChI=1S/C18H20ClN5OS/c19-16-10-20-11-17(24-16)21-9-13-1-2-14-15(7-13)26-18(23-14)22-8-12-3-5-25-6-4-12/h1-2,7,10-12H,3-6,8-9H2,(H,21,24)(H,22,23). The number of fused-ring (bicyclic) bond motifs is 1. The van der Waals surface area contributed by atoms with Crippen LogP contribution >= 0.6 is 22.9 Å². The van der Waals surface area contributed by atoms with Crippen LogP contribution in [0.15, 0.2) is 30.6 Å². The summed E-state index contributed by atoms with van der Waals surface area (Å²) in [5, 5.41) is 8.10. The summed E-state index contributed by atoms with van der Waals surface area (Å²) in [6.07, 6.45) is 5.43. The summed E-state index contributed by atoms with van der Waals surface area (Å²) in [6, 6.07) is 6.30. The lowest BCUT2D eigenvalue weighted by atomic mass is 10.0. The summed E-state index contributed by atoms with van der Waals surface area (Å²) in [7, 11) is 0. The van der Waals surface area contributed by atoms with Crippen LogP contribution < -0.4 is 10.6 Å². The zero-order valence-corrected chi connectivity index (χ0v) is 15.8. The van der Waals surface area contributed by atoms with E-state index in [1.807, 2.05) is 0 Å². The minimum atomic E-state index is 0.383. The first-order valence-electron chi connectivity index (χ1n) is 8.69. The monoisotopic (exact) mass is 389 g/mol. The number of benzene rings is 1. The Kier molecular flexibility index (Phi) is 5.48. The number of hydrogen-bond acceptors (Lipinski definition) is 7. The van der Waals surface area contributed by atoms with Gasteiger partial charge in [-0.2, -0.15) is 0 Å². The quantitative estimate of drug-likeness (QED) is 0.658. The number of nitrogens with zero attached hydrogens (tertiary/aromatic N) is 3. The molecule has 0 bridgehead atoms. The second-order valence-electron chi connectivity index (χ2n) is 6.34. The maximum atomic E-state index is 5.86. The first-order valence-corrected chi connectivity index (χ1v) is 9.88. The second-order valence-corrected chi connectivity index (χ2v) is 7.76. The van der Waals surface area contributed by atoms with Gasteiger partial charge in [0.05, 0.1) is 22.6 Å². The van der Waals surface area contributed by atoms with Crippen molar-refractivity contribution in [2.45, 2.75) is 19.4 Å². The van der Waals surface area contributed by atoms with E-state index in [-0.39, 0.29) is 0 Å². The van der Waals surface area contributed by atoms with Crippen LogP contribution in [-0.4, -0.2) is 34.7 Å². The van der Waals surface area contributed by atoms with Gasteiger partial charge in [-0.05, 0) is 36.5 Å². The average molecular weight is 390 g/mol. The largest absolute Gasteiger partial charge is 0.381 e. The summed E-state index contributed by atoms with van der Waals surface area (Å²) >= 11 is 7.55. The number of aromatic nitrogens is 3. The van der Waals surface area contributed by atoms with Crippen molar-refractivity contribution in [1.29, 1.82) is 0 Å². The van der Waals surface area contributed by atoms with Gasteiger partial charge in [-0.15, -0.1) is 0 Å². The van der Waals surface area contributed by atoms with E-state index in [1.54, 1.807) is 17.5 Å². The highest BCUT2D eigenvalue weighted by atomic mass is 35.5. The Morgan fingerprint density at radius 3 is 2.88 bits per heavy atom. The highest BCUT2D eigenvalue weighted by Gasteiger charge is 2.14. The lowest BCUT2D eigenvalue weighted by Crippen LogP contribution is -2.22. The third-order valence-corrected chi connectivity index (χ3v) is 5.57. The first-order chi connectivity index (χ1) is 12.8. The minimum absolute atomic E-state index is 0.383. The lowest BCUT2D eigenvalue weighted by Gasteiger charge is -2.21. The molecule has 1 saturated heterocycles. The van der Waals surface area contributed by atoms with Crippen molar-refractivity contribution in [3.05, 3.63) is 41.3 Å². The number of hydrogen-bond donors (Lipinski definition) is 2. The Labute approximate surface area is 161 Å². The Balaban J connectivity index is 1.38. The molecule has 136 valence electrons. The van der Waals surface area contributed by atoms with E-state index in [0.717, 1.165) is 43.2 Å². The summed E-state index contributed by atoms with van der Waals surface area (Å²) in [4.78, 5) is 12.9. The molecular weight excluding hydrogens is 370 g/mol. The fourth-order valence-electron chi connectivity index (χ4n) is 2.96. The van der Waals surface area contributed by atoms with Gasteiger partial charge < -0.3 is 15.4 Å². The molecule has 0 amide bonds. The van der Waals surface area contributed by atoms with Crippen LogP contribution in [-0.2, 0) is 11.3 Å². The lowest BCUT2D eigenvalue weighted by molar-refractivity contribution is 0.0699. The van der Waals surface area contributed by atoms with Gasteiger partial charge in [-0.25, -0.2) is 9.97 Å². The van der Waals surface area contributed by atoms with Gasteiger partial charge in [0.25, 0.3) is 0 Å². The van der Waals surface area contributed by atoms with Crippen LogP contribution in [0.1, 0.15) is 18.4 Å². The SMILES string of the molecule is Clc1cncc(NCc2ccc3nc(NCC4CCOCC4)sc3c2)n1. The van der Waals surface area contributed by atoms with Crippen LogP contribution in [0.25, 0.3) is 10.2 Å². The number of nitrogens with one attached hydrogen (secondary N) is 2. The highest BCUT2D eigenvalue weighted by Crippen LogP contribution is 2.28. The molecule has 0 saturated carbocycles. The molecule has 0 atom stereocenters. The third-order valence-electron chi connectivity index (χ3n) is 4.41. The fourth-order valence-corrected chi connectivity index (χ4v) is 4.04. The van der Waals surface area contributed by atoms with Gasteiger partial charge in [0.15, 0.2) is 5.13 Å². The van der Waals surface area contributed by atoms with E-state index in [4.69, 9.17) is 16.3 Å². The maximum Gasteiger partial charge on any atom is 0.183 e. The summed E-state index contributed by atoms with van der Waals surface area (Å²) in [5.41, 5.74) is 2.19. The van der Waals surface area contributed by atoms with Crippen LogP contribution in [0.3, 0.4) is 0 Å². The highest BCUT2D eigenvalue weighted by molar-refractivity contribution is 7.22. The molecule has 2 aromatic heterocycles. The Hall–Kier alpha value is -1.96. The summed E-state index contributed by atoms with van der Waals surface area (Å²) in [6.45, 7) is 3.37. The van der Waals surface area contributed by atoms with Crippen molar-refractivity contribution in [2.24, 2.45) is 5.92 Å². The van der Waals surface area contributed by atoms with E-state index >= 15 is 0 Å². The van der Waals surface area contributed by atoms with Crippen LogP contribution in [0.4, 0.5) is 10.9 Å².